The molecule has 0 spiro atoms. The monoisotopic (exact) mass is 240 g/mol. The average Bonchev–Trinajstić information content (AvgIpc) is 2.93. The smallest absolute Gasteiger partial charge is 0.306 e. The summed E-state index contributed by atoms with van der Waals surface area (Å²) in [6, 6.07) is 7.99. The van der Waals surface area contributed by atoms with E-state index in [4.69, 9.17) is 4.42 Å². The molecule has 2 aromatic heterocycles. The van der Waals surface area contributed by atoms with Crippen LogP contribution in [-0.2, 0) is 11.2 Å². The number of fused-ring (bicyclic) bond motifs is 1. The number of benzene rings is 1. The SMILES string of the molecule is Cc1ccccc1-c1nc2occn2c1CC=O. The van der Waals surface area contributed by atoms with Crippen molar-refractivity contribution >= 4 is 12.1 Å². The molecule has 18 heavy (non-hydrogen) atoms. The lowest BCUT2D eigenvalue weighted by molar-refractivity contribution is -0.107. The van der Waals surface area contributed by atoms with E-state index >= 15 is 0 Å². The molecule has 4 nitrogen and oxygen atoms in total. The van der Waals surface area contributed by atoms with Crippen molar-refractivity contribution < 1.29 is 9.21 Å². The lowest BCUT2D eigenvalue weighted by Crippen LogP contribution is -1.95. The zero-order valence-electron chi connectivity index (χ0n) is 9.96. The number of oxazole rings is 1. The number of aromatic nitrogens is 2. The minimum absolute atomic E-state index is 0.324. The summed E-state index contributed by atoms with van der Waals surface area (Å²) in [5, 5.41) is 0. The second-order valence-electron chi connectivity index (χ2n) is 4.15. The van der Waals surface area contributed by atoms with E-state index in [0.717, 1.165) is 28.8 Å². The van der Waals surface area contributed by atoms with E-state index < -0.39 is 0 Å². The van der Waals surface area contributed by atoms with E-state index in [0.29, 0.717) is 12.3 Å². The number of aldehydes is 1. The molecular weight excluding hydrogens is 228 g/mol. The van der Waals surface area contributed by atoms with E-state index in [-0.39, 0.29) is 0 Å². The highest BCUT2D eigenvalue weighted by atomic mass is 16.3. The fourth-order valence-corrected chi connectivity index (χ4v) is 2.16. The Kier molecular flexibility index (Phi) is 2.48. The van der Waals surface area contributed by atoms with Gasteiger partial charge in [0.05, 0.1) is 11.4 Å². The van der Waals surface area contributed by atoms with Crippen molar-refractivity contribution in [2.75, 3.05) is 0 Å². The van der Waals surface area contributed by atoms with Gasteiger partial charge in [0.2, 0.25) is 0 Å². The maximum Gasteiger partial charge on any atom is 0.306 e. The Morgan fingerprint density at radius 2 is 2.22 bits per heavy atom. The number of hydrogen-bond acceptors (Lipinski definition) is 3. The first-order valence-electron chi connectivity index (χ1n) is 5.75. The summed E-state index contributed by atoms with van der Waals surface area (Å²) in [5.41, 5.74) is 3.85. The largest absolute Gasteiger partial charge is 0.432 e. The highest BCUT2D eigenvalue weighted by Crippen LogP contribution is 2.27. The van der Waals surface area contributed by atoms with Gasteiger partial charge in [0, 0.05) is 18.2 Å². The third-order valence-corrected chi connectivity index (χ3v) is 3.04. The van der Waals surface area contributed by atoms with E-state index in [1.807, 2.05) is 35.6 Å². The summed E-state index contributed by atoms with van der Waals surface area (Å²) in [6.45, 7) is 2.03. The van der Waals surface area contributed by atoms with Crippen LogP contribution in [0, 0.1) is 6.92 Å². The second kappa shape index (κ2) is 4.14. The van der Waals surface area contributed by atoms with Gasteiger partial charge in [-0.1, -0.05) is 24.3 Å². The average molecular weight is 240 g/mol. The fraction of sp³-hybridized carbons (Fsp3) is 0.143. The summed E-state index contributed by atoms with van der Waals surface area (Å²) >= 11 is 0. The molecule has 0 fully saturated rings. The lowest BCUT2D eigenvalue weighted by Gasteiger charge is -2.04. The minimum Gasteiger partial charge on any atom is -0.432 e. The van der Waals surface area contributed by atoms with Crippen LogP contribution in [0.4, 0.5) is 0 Å². The van der Waals surface area contributed by atoms with Crippen LogP contribution in [0.3, 0.4) is 0 Å². The number of nitrogens with zero attached hydrogens (tertiary/aromatic N) is 2. The van der Waals surface area contributed by atoms with Crippen molar-refractivity contribution in [3.63, 3.8) is 0 Å². The zero-order valence-corrected chi connectivity index (χ0v) is 9.96. The van der Waals surface area contributed by atoms with Gasteiger partial charge in [-0.2, -0.15) is 4.98 Å². The number of carbonyl (C=O) groups is 1. The molecule has 0 saturated heterocycles. The van der Waals surface area contributed by atoms with Crippen LogP contribution in [-0.4, -0.2) is 15.7 Å². The Morgan fingerprint density at radius 1 is 1.39 bits per heavy atom. The number of carbonyl (C=O) groups excluding carboxylic acids is 1. The topological polar surface area (TPSA) is 47.5 Å². The number of hydrogen-bond donors (Lipinski definition) is 0. The molecule has 0 saturated carbocycles. The first-order chi connectivity index (χ1) is 8.81. The van der Waals surface area contributed by atoms with Gasteiger partial charge in [0.25, 0.3) is 0 Å². The van der Waals surface area contributed by atoms with E-state index in [1.54, 1.807) is 12.5 Å². The molecule has 0 amide bonds. The Bertz CT molecular complexity index is 709. The van der Waals surface area contributed by atoms with Gasteiger partial charge in [0.15, 0.2) is 0 Å². The lowest BCUT2D eigenvalue weighted by atomic mass is 10.0. The third kappa shape index (κ3) is 1.54. The molecule has 90 valence electrons. The Balaban J connectivity index is 2.28. The Labute approximate surface area is 104 Å². The van der Waals surface area contributed by atoms with Gasteiger partial charge < -0.3 is 9.21 Å². The Hall–Kier alpha value is -2.36. The van der Waals surface area contributed by atoms with Gasteiger partial charge in [-0.25, -0.2) is 0 Å². The van der Waals surface area contributed by atoms with Crippen LogP contribution in [0.5, 0.6) is 0 Å². The molecule has 1 aromatic carbocycles. The highest BCUT2D eigenvalue weighted by Gasteiger charge is 2.16. The van der Waals surface area contributed by atoms with E-state index in [9.17, 15) is 4.79 Å². The molecule has 0 atom stereocenters. The predicted molar refractivity (Wildman–Crippen MR) is 67.4 cm³/mol. The summed E-state index contributed by atoms with van der Waals surface area (Å²) in [7, 11) is 0. The molecule has 2 heterocycles. The molecule has 4 heteroatoms. The predicted octanol–water partition coefficient (Wildman–Crippen LogP) is 2.64. The molecular formula is C14H12N2O2. The van der Waals surface area contributed by atoms with E-state index in [1.165, 1.54) is 0 Å². The maximum absolute atomic E-state index is 10.8. The standard InChI is InChI=1S/C14H12N2O2/c1-10-4-2-3-5-11(10)13-12(6-8-17)16-7-9-18-14(16)15-13/h2-5,7-9H,6H2,1H3. The molecule has 0 aliphatic carbocycles. The van der Waals surface area contributed by atoms with E-state index in [2.05, 4.69) is 4.98 Å². The molecule has 0 bridgehead atoms. The first-order valence-corrected chi connectivity index (χ1v) is 5.75. The minimum atomic E-state index is 0.324. The molecule has 0 aliphatic rings. The van der Waals surface area contributed by atoms with Crippen molar-refractivity contribution in [3.05, 3.63) is 48.0 Å². The molecule has 3 aromatic rings. The van der Waals surface area contributed by atoms with Crippen molar-refractivity contribution in [2.45, 2.75) is 13.3 Å². The van der Waals surface area contributed by atoms with Crippen molar-refractivity contribution in [1.82, 2.24) is 9.38 Å². The number of imidazole rings is 1. The van der Waals surface area contributed by atoms with Crippen LogP contribution in [0.1, 0.15) is 11.3 Å². The maximum atomic E-state index is 10.8. The quantitative estimate of drug-likeness (QED) is 0.661. The summed E-state index contributed by atoms with van der Waals surface area (Å²) < 4.78 is 7.10. The van der Waals surface area contributed by atoms with Crippen molar-refractivity contribution in [2.24, 2.45) is 0 Å². The van der Waals surface area contributed by atoms with Gasteiger partial charge in [-0.3, -0.25) is 4.40 Å². The molecule has 0 N–H and O–H groups in total. The second-order valence-corrected chi connectivity index (χ2v) is 4.15. The normalized spacial score (nSPS) is 10.9. The zero-order chi connectivity index (χ0) is 12.5. The number of rotatable bonds is 3. The summed E-state index contributed by atoms with van der Waals surface area (Å²) in [4.78, 5) is 15.3. The molecule has 0 unspecified atom stereocenters. The van der Waals surface area contributed by atoms with Gasteiger partial charge in [-0.05, 0) is 12.5 Å². The Morgan fingerprint density at radius 3 is 3.00 bits per heavy atom. The van der Waals surface area contributed by atoms with Crippen LogP contribution in [0.25, 0.3) is 17.1 Å². The molecule has 3 rings (SSSR count). The van der Waals surface area contributed by atoms with Crippen LogP contribution in [0.2, 0.25) is 0 Å². The first kappa shape index (κ1) is 10.8. The fourth-order valence-electron chi connectivity index (χ4n) is 2.16. The van der Waals surface area contributed by atoms with Crippen molar-refractivity contribution in [3.8, 4) is 11.3 Å². The highest BCUT2D eigenvalue weighted by molar-refractivity contribution is 5.71. The summed E-state index contributed by atoms with van der Waals surface area (Å²) in [5.74, 6) is 0.519. The summed E-state index contributed by atoms with van der Waals surface area (Å²) in [6.07, 6.45) is 4.56. The number of aryl methyl sites for hydroxylation is 1. The molecule has 0 radical (unpaired) electrons. The van der Waals surface area contributed by atoms with Gasteiger partial charge >= 0.3 is 5.84 Å². The van der Waals surface area contributed by atoms with Gasteiger partial charge in [-0.15, -0.1) is 0 Å². The van der Waals surface area contributed by atoms with Crippen LogP contribution < -0.4 is 0 Å². The van der Waals surface area contributed by atoms with Crippen molar-refractivity contribution in [1.29, 1.82) is 0 Å². The third-order valence-electron chi connectivity index (χ3n) is 3.04. The van der Waals surface area contributed by atoms with Crippen LogP contribution >= 0.6 is 0 Å². The van der Waals surface area contributed by atoms with Gasteiger partial charge in [0.1, 0.15) is 12.5 Å². The molecule has 0 aliphatic heterocycles. The van der Waals surface area contributed by atoms with Crippen LogP contribution in [0.15, 0.2) is 41.1 Å².